The average molecular weight is 267 g/mol. The van der Waals surface area contributed by atoms with Crippen molar-refractivity contribution in [3.63, 3.8) is 0 Å². The Bertz CT molecular complexity index is 498. The lowest BCUT2D eigenvalue weighted by molar-refractivity contribution is 0.862. The third kappa shape index (κ3) is 4.93. The summed E-state index contributed by atoms with van der Waals surface area (Å²) in [6.07, 6.45) is 1.83. The van der Waals surface area contributed by atoms with E-state index in [1.165, 1.54) is 16.8 Å². The highest BCUT2D eigenvalue weighted by molar-refractivity contribution is 5.52. The summed E-state index contributed by atoms with van der Waals surface area (Å²) >= 11 is 0. The molecule has 2 aromatic rings. The van der Waals surface area contributed by atoms with Gasteiger partial charge in [-0.05, 0) is 38.0 Å². The van der Waals surface area contributed by atoms with Crippen LogP contribution >= 0.6 is 0 Å². The van der Waals surface area contributed by atoms with Crippen LogP contribution in [0.2, 0.25) is 0 Å². The van der Waals surface area contributed by atoms with E-state index in [1.54, 1.807) is 0 Å². The van der Waals surface area contributed by atoms with Crippen molar-refractivity contribution in [2.45, 2.75) is 20.8 Å². The molecule has 1 heteroatoms. The number of benzene rings is 2. The van der Waals surface area contributed by atoms with Crippen LogP contribution in [0.3, 0.4) is 0 Å². The molecule has 0 aliphatic rings. The second kappa shape index (κ2) is 8.98. The summed E-state index contributed by atoms with van der Waals surface area (Å²) in [7, 11) is 0. The van der Waals surface area contributed by atoms with Gasteiger partial charge in [-0.2, -0.15) is 0 Å². The van der Waals surface area contributed by atoms with Crippen LogP contribution < -0.4 is 4.90 Å². The van der Waals surface area contributed by atoms with Crippen molar-refractivity contribution in [3.8, 4) is 0 Å². The summed E-state index contributed by atoms with van der Waals surface area (Å²) in [5, 5.41) is 0. The van der Waals surface area contributed by atoms with Crippen molar-refractivity contribution >= 4 is 11.8 Å². The minimum Gasteiger partial charge on any atom is -0.372 e. The Balaban J connectivity index is 0.000000217. The number of rotatable bonds is 4. The topological polar surface area (TPSA) is 3.24 Å². The zero-order chi connectivity index (χ0) is 14.8. The lowest BCUT2D eigenvalue weighted by atomic mass is 10.2. The molecule has 0 bridgehead atoms. The van der Waals surface area contributed by atoms with E-state index in [0.29, 0.717) is 0 Å². The van der Waals surface area contributed by atoms with Gasteiger partial charge in [-0.1, -0.05) is 61.2 Å². The van der Waals surface area contributed by atoms with Crippen molar-refractivity contribution in [3.05, 3.63) is 72.3 Å². The largest absolute Gasteiger partial charge is 0.372 e. The Morgan fingerprint density at radius 2 is 1.45 bits per heavy atom. The van der Waals surface area contributed by atoms with Gasteiger partial charge < -0.3 is 4.90 Å². The predicted molar refractivity (Wildman–Crippen MR) is 91.3 cm³/mol. The molecule has 2 aromatic carbocycles. The third-order valence-electron chi connectivity index (χ3n) is 3.25. The first-order chi connectivity index (χ1) is 9.72. The van der Waals surface area contributed by atoms with Gasteiger partial charge in [-0.15, -0.1) is 0 Å². The van der Waals surface area contributed by atoms with Crippen LogP contribution in [0.5, 0.6) is 0 Å². The maximum absolute atomic E-state index is 3.63. The van der Waals surface area contributed by atoms with Crippen LogP contribution in [0.15, 0.2) is 61.2 Å². The van der Waals surface area contributed by atoms with Crippen LogP contribution in [-0.4, -0.2) is 13.1 Å². The lowest BCUT2D eigenvalue weighted by Crippen LogP contribution is -2.22. The molecular formula is C19H25N. The van der Waals surface area contributed by atoms with Crippen molar-refractivity contribution in [1.82, 2.24) is 0 Å². The summed E-state index contributed by atoms with van der Waals surface area (Å²) in [5.74, 6) is 0. The highest BCUT2D eigenvalue weighted by Crippen LogP contribution is 2.18. The molecular weight excluding hydrogens is 242 g/mol. The van der Waals surface area contributed by atoms with Crippen LogP contribution in [0.25, 0.3) is 6.08 Å². The first kappa shape index (κ1) is 16.0. The molecule has 0 unspecified atom stereocenters. The molecule has 0 atom stereocenters. The fraction of sp³-hybridized carbons (Fsp3) is 0.263. The fourth-order valence-corrected chi connectivity index (χ4v) is 2.07. The maximum atomic E-state index is 3.63. The zero-order valence-corrected chi connectivity index (χ0v) is 12.8. The van der Waals surface area contributed by atoms with E-state index in [-0.39, 0.29) is 0 Å². The van der Waals surface area contributed by atoms with E-state index < -0.39 is 0 Å². The van der Waals surface area contributed by atoms with Gasteiger partial charge in [0.15, 0.2) is 0 Å². The second-order valence-electron chi connectivity index (χ2n) is 4.57. The highest BCUT2D eigenvalue weighted by atomic mass is 15.1. The molecule has 0 fully saturated rings. The minimum absolute atomic E-state index is 1.08. The molecule has 20 heavy (non-hydrogen) atoms. The van der Waals surface area contributed by atoms with Gasteiger partial charge in [-0.3, -0.25) is 0 Å². The Hall–Kier alpha value is -2.02. The molecule has 0 aliphatic carbocycles. The van der Waals surface area contributed by atoms with E-state index in [1.807, 2.05) is 36.4 Å². The van der Waals surface area contributed by atoms with E-state index >= 15 is 0 Å². The highest BCUT2D eigenvalue weighted by Gasteiger charge is 2.02. The summed E-state index contributed by atoms with van der Waals surface area (Å²) in [5.41, 5.74) is 3.90. The smallest absolute Gasteiger partial charge is 0.0395 e. The normalized spacial score (nSPS) is 9.35. The molecule has 2 rings (SSSR count). The van der Waals surface area contributed by atoms with Crippen molar-refractivity contribution in [1.29, 1.82) is 0 Å². The standard InChI is InChI=1S/C11H17N.C8H8/c1-4-12(5-2)11-9-7-6-8-10(11)3;1-2-8-6-4-3-5-7-8/h6-9H,4-5H2,1-3H3;2-7H,1H2. The molecule has 0 aliphatic heterocycles. The van der Waals surface area contributed by atoms with E-state index in [4.69, 9.17) is 0 Å². The fourth-order valence-electron chi connectivity index (χ4n) is 2.07. The SMILES string of the molecule is C=Cc1ccccc1.CCN(CC)c1ccccc1C. The lowest BCUT2D eigenvalue weighted by Gasteiger charge is -2.22. The first-order valence-corrected chi connectivity index (χ1v) is 7.21. The van der Waals surface area contributed by atoms with Crippen LogP contribution in [0.1, 0.15) is 25.0 Å². The van der Waals surface area contributed by atoms with Gasteiger partial charge in [-0.25, -0.2) is 0 Å². The van der Waals surface area contributed by atoms with Crippen molar-refractivity contribution in [2.24, 2.45) is 0 Å². The Kier molecular flexibility index (Phi) is 7.20. The summed E-state index contributed by atoms with van der Waals surface area (Å²) in [4.78, 5) is 2.37. The number of para-hydroxylation sites is 1. The zero-order valence-electron chi connectivity index (χ0n) is 12.8. The molecule has 0 amide bonds. The van der Waals surface area contributed by atoms with E-state index in [2.05, 4.69) is 56.5 Å². The van der Waals surface area contributed by atoms with Gasteiger partial charge in [0.25, 0.3) is 0 Å². The third-order valence-corrected chi connectivity index (χ3v) is 3.25. The van der Waals surface area contributed by atoms with Gasteiger partial charge in [0.2, 0.25) is 0 Å². The first-order valence-electron chi connectivity index (χ1n) is 7.21. The van der Waals surface area contributed by atoms with Crippen molar-refractivity contribution in [2.75, 3.05) is 18.0 Å². The quantitative estimate of drug-likeness (QED) is 0.738. The average Bonchev–Trinajstić information content (AvgIpc) is 2.52. The molecule has 0 saturated carbocycles. The van der Waals surface area contributed by atoms with Gasteiger partial charge in [0, 0.05) is 18.8 Å². The second-order valence-corrected chi connectivity index (χ2v) is 4.57. The van der Waals surface area contributed by atoms with E-state index in [0.717, 1.165) is 13.1 Å². The monoisotopic (exact) mass is 267 g/mol. The number of aryl methyl sites for hydroxylation is 1. The Morgan fingerprint density at radius 1 is 0.900 bits per heavy atom. The molecule has 0 heterocycles. The van der Waals surface area contributed by atoms with Gasteiger partial charge in [0.05, 0.1) is 0 Å². The summed E-state index contributed by atoms with van der Waals surface area (Å²) in [6.45, 7) is 12.3. The number of anilines is 1. The van der Waals surface area contributed by atoms with Crippen molar-refractivity contribution < 1.29 is 0 Å². The van der Waals surface area contributed by atoms with E-state index in [9.17, 15) is 0 Å². The number of hydrogen-bond acceptors (Lipinski definition) is 1. The molecule has 0 aromatic heterocycles. The molecule has 0 N–H and O–H groups in total. The maximum Gasteiger partial charge on any atom is 0.0395 e. The Labute approximate surface area is 123 Å². The van der Waals surface area contributed by atoms with Crippen LogP contribution in [0.4, 0.5) is 5.69 Å². The number of hydrogen-bond donors (Lipinski definition) is 0. The van der Waals surface area contributed by atoms with Gasteiger partial charge in [0.1, 0.15) is 0 Å². The Morgan fingerprint density at radius 3 is 1.90 bits per heavy atom. The molecule has 0 saturated heterocycles. The molecule has 1 nitrogen and oxygen atoms in total. The van der Waals surface area contributed by atoms with Gasteiger partial charge >= 0.3 is 0 Å². The predicted octanol–water partition coefficient (Wildman–Crippen LogP) is 5.17. The van der Waals surface area contributed by atoms with Crippen LogP contribution in [-0.2, 0) is 0 Å². The summed E-state index contributed by atoms with van der Waals surface area (Å²) < 4.78 is 0. The van der Waals surface area contributed by atoms with Crippen LogP contribution in [0, 0.1) is 6.92 Å². The molecule has 0 spiro atoms. The molecule has 0 radical (unpaired) electrons. The molecule has 106 valence electrons. The number of nitrogens with zero attached hydrogens (tertiary/aromatic N) is 1. The summed E-state index contributed by atoms with van der Waals surface area (Å²) in [6, 6.07) is 18.6. The minimum atomic E-state index is 1.08.